The van der Waals surface area contributed by atoms with Gasteiger partial charge in [-0.1, -0.05) is 19.1 Å². The van der Waals surface area contributed by atoms with E-state index in [1.165, 1.54) is 37.4 Å². The van der Waals surface area contributed by atoms with Crippen LogP contribution < -0.4 is 4.31 Å². The highest BCUT2D eigenvalue weighted by atomic mass is 32.2. The van der Waals surface area contributed by atoms with Crippen LogP contribution in [0.4, 0.5) is 14.5 Å². The average molecular weight is 586 g/mol. The molecule has 0 amide bonds. The molecular weight excluding hydrogens is 560 g/mol. The molecule has 6 rings (SSSR count). The molecule has 0 atom stereocenters. The van der Waals surface area contributed by atoms with E-state index in [0.717, 1.165) is 10.6 Å². The van der Waals surface area contributed by atoms with Crippen LogP contribution >= 0.6 is 0 Å². The molecule has 0 fully saturated rings. The normalized spacial score (nSPS) is 11.8. The Morgan fingerprint density at radius 2 is 1.67 bits per heavy atom. The molecule has 0 aliphatic carbocycles. The van der Waals surface area contributed by atoms with Gasteiger partial charge in [0.05, 0.1) is 34.6 Å². The minimum absolute atomic E-state index is 0.188. The van der Waals surface area contributed by atoms with E-state index >= 15 is 0 Å². The number of fused-ring (bicyclic) bond motifs is 2. The van der Waals surface area contributed by atoms with E-state index in [1.54, 1.807) is 55.5 Å². The summed E-state index contributed by atoms with van der Waals surface area (Å²) in [6.45, 7) is 1.73. The summed E-state index contributed by atoms with van der Waals surface area (Å²) in [5.41, 5.74) is 3.99. The predicted molar refractivity (Wildman–Crippen MR) is 160 cm³/mol. The van der Waals surface area contributed by atoms with Crippen molar-refractivity contribution in [2.75, 3.05) is 17.6 Å². The minimum atomic E-state index is -3.71. The Morgan fingerprint density at radius 3 is 2.36 bits per heavy atom. The van der Waals surface area contributed by atoms with Crippen molar-refractivity contribution in [3.8, 4) is 34.0 Å². The van der Waals surface area contributed by atoms with Crippen LogP contribution in [0.15, 0.2) is 83.3 Å². The number of ketones is 1. The van der Waals surface area contributed by atoms with Gasteiger partial charge in [0.1, 0.15) is 23.0 Å². The number of carbonyl (C=O) groups excluding carboxylic acids is 1. The van der Waals surface area contributed by atoms with Crippen molar-refractivity contribution in [1.82, 2.24) is 9.97 Å². The number of benzene rings is 3. The molecule has 0 saturated heterocycles. The smallest absolute Gasteiger partial charge is 0.232 e. The molecule has 3 heterocycles. The number of aromatic amines is 1. The van der Waals surface area contributed by atoms with Gasteiger partial charge in [0.25, 0.3) is 0 Å². The van der Waals surface area contributed by atoms with Crippen molar-refractivity contribution >= 4 is 43.4 Å². The van der Waals surface area contributed by atoms with E-state index in [4.69, 9.17) is 9.40 Å². The zero-order valence-corrected chi connectivity index (χ0v) is 23.7. The molecule has 0 unspecified atom stereocenters. The number of H-pyrrole nitrogens is 1. The number of nitrogens with zero attached hydrogens (tertiary/aromatic N) is 2. The molecule has 212 valence electrons. The zero-order chi connectivity index (χ0) is 29.8. The predicted octanol–water partition coefficient (Wildman–Crippen LogP) is 7.58. The Morgan fingerprint density at radius 1 is 0.952 bits per heavy atom. The van der Waals surface area contributed by atoms with Crippen molar-refractivity contribution in [1.29, 1.82) is 0 Å². The van der Waals surface area contributed by atoms with Gasteiger partial charge in [0.2, 0.25) is 10.0 Å². The second-order valence-corrected chi connectivity index (χ2v) is 12.0. The van der Waals surface area contributed by atoms with Crippen LogP contribution in [0.1, 0.15) is 23.7 Å². The molecule has 0 aliphatic heterocycles. The number of Topliss-reactive ketones (excluding diaryl/α,β-unsaturated/α-hetero) is 1. The van der Waals surface area contributed by atoms with Gasteiger partial charge < -0.3 is 9.40 Å². The lowest BCUT2D eigenvalue weighted by Crippen LogP contribution is -2.25. The van der Waals surface area contributed by atoms with Gasteiger partial charge in [-0.05, 0) is 60.7 Å². The van der Waals surface area contributed by atoms with Crippen LogP contribution in [0.2, 0.25) is 0 Å². The monoisotopic (exact) mass is 585 g/mol. The fourth-order valence-corrected chi connectivity index (χ4v) is 5.53. The van der Waals surface area contributed by atoms with E-state index < -0.39 is 15.8 Å². The Kier molecular flexibility index (Phi) is 6.65. The summed E-state index contributed by atoms with van der Waals surface area (Å²) in [5.74, 6) is -0.714. The molecule has 0 saturated carbocycles. The Hall–Kier alpha value is -4.83. The summed E-state index contributed by atoms with van der Waals surface area (Å²) in [7, 11) is -2.29. The molecule has 42 heavy (non-hydrogen) atoms. The molecule has 1 N–H and O–H groups in total. The molecule has 3 aromatic heterocycles. The second kappa shape index (κ2) is 10.2. The molecule has 3 aromatic carbocycles. The first-order chi connectivity index (χ1) is 20.0. The molecular formula is C32H25F2N3O4S. The zero-order valence-electron chi connectivity index (χ0n) is 22.9. The Labute approximate surface area is 240 Å². The van der Waals surface area contributed by atoms with Crippen LogP contribution in [-0.4, -0.2) is 37.5 Å². The van der Waals surface area contributed by atoms with Gasteiger partial charge in [-0.2, -0.15) is 0 Å². The molecule has 0 radical (unpaired) electrons. The second-order valence-electron chi connectivity index (χ2n) is 9.98. The Balaban J connectivity index is 1.60. The lowest BCUT2D eigenvalue weighted by molar-refractivity contribution is 0.0989. The van der Waals surface area contributed by atoms with Crippen molar-refractivity contribution in [2.24, 2.45) is 0 Å². The fraction of sp³-hybridized carbons (Fsp3) is 0.125. The van der Waals surface area contributed by atoms with Gasteiger partial charge in [-0.3, -0.25) is 9.10 Å². The van der Waals surface area contributed by atoms with Crippen LogP contribution in [0.5, 0.6) is 0 Å². The maximum absolute atomic E-state index is 14.4. The van der Waals surface area contributed by atoms with E-state index in [9.17, 15) is 22.0 Å². The average Bonchev–Trinajstić information content (AvgIpc) is 3.58. The first-order valence-electron chi connectivity index (χ1n) is 13.1. The van der Waals surface area contributed by atoms with E-state index in [0.29, 0.717) is 55.6 Å². The van der Waals surface area contributed by atoms with E-state index in [1.807, 2.05) is 0 Å². The number of nitrogens with one attached hydrogen (secondary N) is 1. The largest absolute Gasteiger partial charge is 0.455 e. The van der Waals surface area contributed by atoms with Crippen molar-refractivity contribution in [3.63, 3.8) is 0 Å². The molecule has 7 nitrogen and oxygen atoms in total. The molecule has 6 aromatic rings. The maximum atomic E-state index is 14.4. The number of carbonyl (C=O) groups is 1. The number of halogens is 2. The van der Waals surface area contributed by atoms with Gasteiger partial charge in [-0.25, -0.2) is 22.2 Å². The SMILES string of the molecule is CCC(=O)c1c(-c2ccc(F)cc2)oc2cc(N(C)S(C)(=O)=O)c(-c3cccc(-c4cc5c(F)cccc5[nH]4)n3)cc12. The summed E-state index contributed by atoms with van der Waals surface area (Å²) in [6, 6.07) is 20.6. The summed E-state index contributed by atoms with van der Waals surface area (Å²) < 4.78 is 60.7. The maximum Gasteiger partial charge on any atom is 0.232 e. The van der Waals surface area contributed by atoms with Crippen LogP contribution in [0, 0.1) is 11.6 Å². The quantitative estimate of drug-likeness (QED) is 0.195. The van der Waals surface area contributed by atoms with Crippen molar-refractivity contribution in [3.05, 3.63) is 96.1 Å². The number of furan rings is 1. The first-order valence-corrected chi connectivity index (χ1v) is 15.0. The highest BCUT2D eigenvalue weighted by Crippen LogP contribution is 2.41. The number of sulfonamides is 1. The number of anilines is 1. The molecule has 0 bridgehead atoms. The number of pyridine rings is 1. The topological polar surface area (TPSA) is 96.3 Å². The van der Waals surface area contributed by atoms with Gasteiger partial charge in [0.15, 0.2) is 5.78 Å². The molecule has 10 heteroatoms. The van der Waals surface area contributed by atoms with E-state index in [2.05, 4.69) is 4.98 Å². The van der Waals surface area contributed by atoms with Crippen LogP contribution in [0.25, 0.3) is 55.8 Å². The standard InChI is InChI=1S/C32H25F2N3O4S/c1-4-29(38)31-22-15-21(25-9-6-10-26(35-25)27-16-20-23(34)7-5-8-24(20)36-27)28(37(2)42(3,39)40)17-30(22)41-32(31)18-11-13-19(33)14-12-18/h5-17,36H,4H2,1-3H3. The molecule has 0 spiro atoms. The van der Waals surface area contributed by atoms with Crippen molar-refractivity contribution < 1.29 is 26.4 Å². The lowest BCUT2D eigenvalue weighted by atomic mass is 9.98. The minimum Gasteiger partial charge on any atom is -0.455 e. The van der Waals surface area contributed by atoms with Gasteiger partial charge >= 0.3 is 0 Å². The van der Waals surface area contributed by atoms with Crippen LogP contribution in [0.3, 0.4) is 0 Å². The summed E-state index contributed by atoms with van der Waals surface area (Å²) in [4.78, 5) is 21.2. The number of rotatable bonds is 7. The Bertz CT molecular complexity index is 2120. The molecule has 0 aliphatic rings. The van der Waals surface area contributed by atoms with Crippen molar-refractivity contribution in [2.45, 2.75) is 13.3 Å². The highest BCUT2D eigenvalue weighted by molar-refractivity contribution is 7.92. The third-order valence-electron chi connectivity index (χ3n) is 7.26. The third-order valence-corrected chi connectivity index (χ3v) is 8.45. The van der Waals surface area contributed by atoms with Crippen LogP contribution in [-0.2, 0) is 10.0 Å². The fourth-order valence-electron chi connectivity index (χ4n) is 5.03. The number of hydrogen-bond acceptors (Lipinski definition) is 5. The highest BCUT2D eigenvalue weighted by Gasteiger charge is 2.26. The summed E-state index contributed by atoms with van der Waals surface area (Å²) in [6.07, 6.45) is 1.27. The summed E-state index contributed by atoms with van der Waals surface area (Å²) in [5, 5.41) is 0.898. The van der Waals surface area contributed by atoms with Gasteiger partial charge in [0, 0.05) is 47.0 Å². The number of hydrogen-bond donors (Lipinski definition) is 1. The van der Waals surface area contributed by atoms with E-state index in [-0.39, 0.29) is 29.5 Å². The third kappa shape index (κ3) is 4.73. The lowest BCUT2D eigenvalue weighted by Gasteiger charge is -2.20. The first kappa shape index (κ1) is 27.3. The summed E-state index contributed by atoms with van der Waals surface area (Å²) >= 11 is 0. The van der Waals surface area contributed by atoms with Gasteiger partial charge in [-0.15, -0.1) is 0 Å². The number of aromatic nitrogens is 2.